The molecule has 4 heteroatoms. The van der Waals surface area contributed by atoms with Crippen LogP contribution in [0.1, 0.15) is 49.7 Å². The summed E-state index contributed by atoms with van der Waals surface area (Å²) in [6.07, 6.45) is 6.74. The first-order valence-corrected chi connectivity index (χ1v) is 8.49. The molecule has 1 saturated carbocycles. The number of thiazole rings is 1. The maximum absolute atomic E-state index is 4.65. The molecule has 1 N–H and O–H groups in total. The highest BCUT2D eigenvalue weighted by Gasteiger charge is 2.40. The first-order valence-electron chi connectivity index (χ1n) is 7.61. The van der Waals surface area contributed by atoms with E-state index >= 15 is 0 Å². The minimum atomic E-state index is 0.413. The standard InChI is InChI=1S/C15H25N3S/c1-3-14-8-16-15(6-4-5-7-15)11-18(14)9-13-10-19-12(2)17-13/h10,14,16H,3-9,11H2,1-2H3. The van der Waals surface area contributed by atoms with Gasteiger partial charge >= 0.3 is 0 Å². The number of aromatic nitrogens is 1. The Hall–Kier alpha value is -0.450. The summed E-state index contributed by atoms with van der Waals surface area (Å²) < 4.78 is 0. The van der Waals surface area contributed by atoms with Crippen molar-refractivity contribution in [3.05, 3.63) is 16.1 Å². The monoisotopic (exact) mass is 279 g/mol. The Morgan fingerprint density at radius 1 is 1.47 bits per heavy atom. The van der Waals surface area contributed by atoms with E-state index in [-0.39, 0.29) is 0 Å². The number of rotatable bonds is 3. The van der Waals surface area contributed by atoms with E-state index in [0.717, 1.165) is 13.1 Å². The zero-order valence-electron chi connectivity index (χ0n) is 12.1. The van der Waals surface area contributed by atoms with Crippen LogP contribution in [0.4, 0.5) is 0 Å². The zero-order valence-corrected chi connectivity index (χ0v) is 12.9. The Morgan fingerprint density at radius 2 is 2.26 bits per heavy atom. The SMILES string of the molecule is CCC1CNC2(CCCC2)CN1Cc1csc(C)n1. The molecule has 1 aliphatic carbocycles. The Kier molecular flexibility index (Phi) is 3.92. The summed E-state index contributed by atoms with van der Waals surface area (Å²) in [7, 11) is 0. The Balaban J connectivity index is 1.71. The number of hydrogen-bond donors (Lipinski definition) is 1. The second kappa shape index (κ2) is 5.51. The van der Waals surface area contributed by atoms with Crippen LogP contribution in [0, 0.1) is 6.92 Å². The molecule has 2 aliphatic rings. The van der Waals surface area contributed by atoms with Gasteiger partial charge in [-0.15, -0.1) is 11.3 Å². The first kappa shape index (κ1) is 13.5. The zero-order chi connectivity index (χ0) is 13.3. The fourth-order valence-electron chi connectivity index (χ4n) is 3.70. The van der Waals surface area contributed by atoms with Crippen molar-refractivity contribution in [2.45, 2.75) is 64.1 Å². The maximum atomic E-state index is 4.65. The number of nitrogens with one attached hydrogen (secondary N) is 1. The van der Waals surface area contributed by atoms with Crippen LogP contribution in [0.15, 0.2) is 5.38 Å². The van der Waals surface area contributed by atoms with Gasteiger partial charge in [0.25, 0.3) is 0 Å². The van der Waals surface area contributed by atoms with Crippen molar-refractivity contribution < 1.29 is 0 Å². The molecule has 1 spiro atoms. The van der Waals surface area contributed by atoms with Crippen LogP contribution >= 0.6 is 11.3 Å². The molecular formula is C15H25N3S. The lowest BCUT2D eigenvalue weighted by atomic mass is 9.91. The Morgan fingerprint density at radius 3 is 2.89 bits per heavy atom. The van der Waals surface area contributed by atoms with E-state index in [9.17, 15) is 0 Å². The number of aryl methyl sites for hydroxylation is 1. The Labute approximate surface area is 120 Å². The van der Waals surface area contributed by atoms with Gasteiger partial charge in [-0.2, -0.15) is 0 Å². The van der Waals surface area contributed by atoms with E-state index in [1.165, 1.54) is 49.4 Å². The fraction of sp³-hybridized carbons (Fsp3) is 0.800. The molecule has 1 atom stereocenters. The minimum absolute atomic E-state index is 0.413. The summed E-state index contributed by atoms with van der Waals surface area (Å²) in [6, 6.07) is 0.674. The molecule has 3 rings (SSSR count). The Bertz CT molecular complexity index is 423. The second-order valence-corrected chi connectivity index (χ2v) is 7.26. The third-order valence-electron chi connectivity index (χ3n) is 4.80. The van der Waals surface area contributed by atoms with Crippen molar-refractivity contribution in [1.29, 1.82) is 0 Å². The molecular weight excluding hydrogens is 254 g/mol. The quantitative estimate of drug-likeness (QED) is 0.922. The van der Waals surface area contributed by atoms with Gasteiger partial charge in [0.05, 0.1) is 10.7 Å². The van der Waals surface area contributed by atoms with Crippen LogP contribution in [-0.4, -0.2) is 34.6 Å². The van der Waals surface area contributed by atoms with Gasteiger partial charge in [-0.05, 0) is 26.2 Å². The summed E-state index contributed by atoms with van der Waals surface area (Å²) in [5.41, 5.74) is 1.67. The summed E-state index contributed by atoms with van der Waals surface area (Å²) in [6.45, 7) is 7.80. The molecule has 0 aromatic carbocycles. The smallest absolute Gasteiger partial charge is 0.0897 e. The topological polar surface area (TPSA) is 28.2 Å². The highest BCUT2D eigenvalue weighted by Crippen LogP contribution is 2.34. The van der Waals surface area contributed by atoms with Gasteiger partial charge < -0.3 is 5.32 Å². The largest absolute Gasteiger partial charge is 0.308 e. The summed E-state index contributed by atoms with van der Waals surface area (Å²) >= 11 is 1.77. The molecule has 1 unspecified atom stereocenters. The molecule has 0 bridgehead atoms. The second-order valence-electron chi connectivity index (χ2n) is 6.19. The average molecular weight is 279 g/mol. The maximum Gasteiger partial charge on any atom is 0.0897 e. The lowest BCUT2D eigenvalue weighted by Crippen LogP contribution is -2.62. The third-order valence-corrected chi connectivity index (χ3v) is 5.62. The van der Waals surface area contributed by atoms with Crippen molar-refractivity contribution in [1.82, 2.24) is 15.2 Å². The van der Waals surface area contributed by atoms with Gasteiger partial charge in [-0.25, -0.2) is 4.98 Å². The van der Waals surface area contributed by atoms with Gasteiger partial charge in [0.2, 0.25) is 0 Å². The van der Waals surface area contributed by atoms with Gasteiger partial charge in [-0.1, -0.05) is 19.8 Å². The van der Waals surface area contributed by atoms with Gasteiger partial charge in [-0.3, -0.25) is 4.90 Å². The molecule has 1 aromatic heterocycles. The van der Waals surface area contributed by atoms with Gasteiger partial charge in [0.1, 0.15) is 0 Å². The van der Waals surface area contributed by atoms with Crippen LogP contribution in [-0.2, 0) is 6.54 Å². The molecule has 2 heterocycles. The van der Waals surface area contributed by atoms with Crippen molar-refractivity contribution in [3.63, 3.8) is 0 Å². The van der Waals surface area contributed by atoms with Crippen LogP contribution in [0.2, 0.25) is 0 Å². The van der Waals surface area contributed by atoms with Crippen LogP contribution < -0.4 is 5.32 Å². The molecule has 3 nitrogen and oxygen atoms in total. The summed E-state index contributed by atoms with van der Waals surface area (Å²) in [5, 5.41) is 7.27. The minimum Gasteiger partial charge on any atom is -0.308 e. The molecule has 19 heavy (non-hydrogen) atoms. The molecule has 1 aromatic rings. The lowest BCUT2D eigenvalue weighted by molar-refractivity contribution is 0.0709. The predicted octanol–water partition coefficient (Wildman–Crippen LogP) is 2.95. The van der Waals surface area contributed by atoms with Crippen molar-refractivity contribution in [3.8, 4) is 0 Å². The molecule has 106 valence electrons. The molecule has 1 aliphatic heterocycles. The normalized spacial score (nSPS) is 27.2. The predicted molar refractivity (Wildman–Crippen MR) is 80.5 cm³/mol. The number of piperazine rings is 1. The first-order chi connectivity index (χ1) is 9.21. The van der Waals surface area contributed by atoms with Crippen molar-refractivity contribution >= 4 is 11.3 Å². The van der Waals surface area contributed by atoms with E-state index in [4.69, 9.17) is 0 Å². The van der Waals surface area contributed by atoms with Crippen molar-refractivity contribution in [2.75, 3.05) is 13.1 Å². The van der Waals surface area contributed by atoms with Crippen LogP contribution in [0.5, 0.6) is 0 Å². The highest BCUT2D eigenvalue weighted by molar-refractivity contribution is 7.09. The molecule has 0 radical (unpaired) electrons. The highest BCUT2D eigenvalue weighted by atomic mass is 32.1. The average Bonchev–Trinajstić information content (AvgIpc) is 3.00. The van der Waals surface area contributed by atoms with E-state index < -0.39 is 0 Å². The van der Waals surface area contributed by atoms with E-state index in [1.807, 2.05) is 0 Å². The fourth-order valence-corrected chi connectivity index (χ4v) is 4.30. The molecule has 2 fully saturated rings. The van der Waals surface area contributed by atoms with Gasteiger partial charge in [0.15, 0.2) is 0 Å². The van der Waals surface area contributed by atoms with Crippen molar-refractivity contribution in [2.24, 2.45) is 0 Å². The van der Waals surface area contributed by atoms with E-state index in [2.05, 4.69) is 34.4 Å². The lowest BCUT2D eigenvalue weighted by Gasteiger charge is -2.46. The van der Waals surface area contributed by atoms with Gasteiger partial charge in [0, 0.05) is 36.6 Å². The van der Waals surface area contributed by atoms with E-state index in [1.54, 1.807) is 11.3 Å². The third kappa shape index (κ3) is 2.86. The van der Waals surface area contributed by atoms with Crippen LogP contribution in [0.3, 0.4) is 0 Å². The number of nitrogens with zero attached hydrogens (tertiary/aromatic N) is 2. The molecule has 1 saturated heterocycles. The van der Waals surface area contributed by atoms with Crippen LogP contribution in [0.25, 0.3) is 0 Å². The number of hydrogen-bond acceptors (Lipinski definition) is 4. The summed E-state index contributed by atoms with van der Waals surface area (Å²) in [4.78, 5) is 7.32. The molecule has 0 amide bonds. The van der Waals surface area contributed by atoms with E-state index in [0.29, 0.717) is 11.6 Å². The summed E-state index contributed by atoms with van der Waals surface area (Å²) in [5.74, 6) is 0.